The highest BCUT2D eigenvalue weighted by atomic mass is 16.4. The summed E-state index contributed by atoms with van der Waals surface area (Å²) in [7, 11) is 1.61. The van der Waals surface area contributed by atoms with E-state index in [2.05, 4.69) is 5.32 Å². The number of likely N-dealkylation sites (tertiary alicyclic amines) is 1. The summed E-state index contributed by atoms with van der Waals surface area (Å²) in [5.41, 5.74) is 0. The van der Waals surface area contributed by atoms with Gasteiger partial charge in [0.2, 0.25) is 5.91 Å². The van der Waals surface area contributed by atoms with Crippen LogP contribution in [0.25, 0.3) is 0 Å². The molecule has 1 heterocycles. The lowest BCUT2D eigenvalue weighted by Gasteiger charge is -2.22. The van der Waals surface area contributed by atoms with Gasteiger partial charge in [-0.3, -0.25) is 4.79 Å². The Hall–Kier alpha value is -1.14. The third kappa shape index (κ3) is 2.02. The van der Waals surface area contributed by atoms with Gasteiger partial charge in [-0.15, -0.1) is 0 Å². The predicted octanol–water partition coefficient (Wildman–Crippen LogP) is -1.75. The first kappa shape index (κ1) is 10.9. The Kier molecular flexibility index (Phi) is 3.43. The van der Waals surface area contributed by atoms with Crippen molar-refractivity contribution in [1.82, 2.24) is 10.2 Å². The van der Waals surface area contributed by atoms with Crippen molar-refractivity contribution in [1.29, 1.82) is 0 Å². The number of aliphatic carboxylic acids is 1. The number of hydrogen-bond donors (Lipinski definition) is 3. The highest BCUT2D eigenvalue weighted by Crippen LogP contribution is 2.17. The molecule has 0 aromatic rings. The lowest BCUT2D eigenvalue weighted by Crippen LogP contribution is -2.47. The molecule has 1 saturated heterocycles. The van der Waals surface area contributed by atoms with Crippen LogP contribution >= 0.6 is 0 Å². The van der Waals surface area contributed by atoms with Gasteiger partial charge in [-0.25, -0.2) is 4.79 Å². The molecule has 6 heteroatoms. The van der Waals surface area contributed by atoms with E-state index in [1.165, 1.54) is 4.90 Å². The molecular formula is C8H14N2O4. The first-order valence-electron chi connectivity index (χ1n) is 4.43. The van der Waals surface area contributed by atoms with E-state index in [1.807, 2.05) is 0 Å². The maximum Gasteiger partial charge on any atom is 0.329 e. The van der Waals surface area contributed by atoms with Crippen LogP contribution in [0, 0.1) is 0 Å². The third-order valence-electron chi connectivity index (χ3n) is 2.27. The summed E-state index contributed by atoms with van der Waals surface area (Å²) in [5.74, 6) is -1.45. The summed E-state index contributed by atoms with van der Waals surface area (Å²) < 4.78 is 0. The first-order chi connectivity index (χ1) is 6.57. The largest absolute Gasteiger partial charge is 0.480 e. The van der Waals surface area contributed by atoms with Crippen molar-refractivity contribution < 1.29 is 19.8 Å². The zero-order valence-electron chi connectivity index (χ0n) is 7.93. The van der Waals surface area contributed by atoms with Gasteiger partial charge in [0.1, 0.15) is 0 Å². The summed E-state index contributed by atoms with van der Waals surface area (Å²) in [6, 6.07) is -1.09. The summed E-state index contributed by atoms with van der Waals surface area (Å²) in [5, 5.41) is 20.8. The Labute approximate surface area is 81.5 Å². The molecule has 0 bridgehead atoms. The molecule has 0 aliphatic carbocycles. The normalized spacial score (nSPS) is 26.6. The van der Waals surface area contributed by atoms with Gasteiger partial charge in [0.05, 0.1) is 12.6 Å². The molecule has 14 heavy (non-hydrogen) atoms. The van der Waals surface area contributed by atoms with Gasteiger partial charge in [0, 0.05) is 6.54 Å². The minimum atomic E-state index is -1.15. The molecule has 0 spiro atoms. The topological polar surface area (TPSA) is 89.9 Å². The van der Waals surface area contributed by atoms with Gasteiger partial charge in [-0.05, 0) is 13.5 Å². The number of nitrogens with zero attached hydrogens (tertiary/aromatic N) is 1. The van der Waals surface area contributed by atoms with Gasteiger partial charge in [-0.1, -0.05) is 0 Å². The second-order valence-corrected chi connectivity index (χ2v) is 3.26. The zero-order chi connectivity index (χ0) is 10.7. The molecule has 0 radical (unpaired) electrons. The second kappa shape index (κ2) is 4.39. The number of nitrogens with one attached hydrogen (secondary N) is 1. The highest BCUT2D eigenvalue weighted by Gasteiger charge is 2.40. The smallest absolute Gasteiger partial charge is 0.329 e. The summed E-state index contributed by atoms with van der Waals surface area (Å²) in [6.45, 7) is 0.398. The van der Waals surface area contributed by atoms with E-state index < -0.39 is 18.1 Å². The van der Waals surface area contributed by atoms with Crippen LogP contribution in [-0.2, 0) is 9.59 Å². The van der Waals surface area contributed by atoms with Crippen molar-refractivity contribution in [2.75, 3.05) is 20.1 Å². The van der Waals surface area contributed by atoms with Crippen molar-refractivity contribution in [2.24, 2.45) is 0 Å². The van der Waals surface area contributed by atoms with E-state index in [-0.39, 0.29) is 12.5 Å². The zero-order valence-corrected chi connectivity index (χ0v) is 7.93. The molecule has 1 aliphatic rings. The quantitative estimate of drug-likeness (QED) is 0.505. The summed E-state index contributed by atoms with van der Waals surface area (Å²) >= 11 is 0. The molecule has 80 valence electrons. The molecule has 1 amide bonds. The van der Waals surface area contributed by atoms with E-state index >= 15 is 0 Å². The monoisotopic (exact) mass is 202 g/mol. The third-order valence-corrected chi connectivity index (χ3v) is 2.27. The number of carbonyl (C=O) groups is 2. The van der Waals surface area contributed by atoms with Gasteiger partial charge in [0.15, 0.2) is 6.04 Å². The number of amides is 1. The van der Waals surface area contributed by atoms with Crippen LogP contribution in [0.4, 0.5) is 0 Å². The second-order valence-electron chi connectivity index (χ2n) is 3.26. The molecule has 2 atom stereocenters. The highest BCUT2D eigenvalue weighted by molar-refractivity contribution is 5.85. The van der Waals surface area contributed by atoms with Crippen LogP contribution < -0.4 is 5.32 Å². The molecular weight excluding hydrogens is 188 g/mol. The van der Waals surface area contributed by atoms with Crippen LogP contribution in [0.2, 0.25) is 0 Å². The van der Waals surface area contributed by atoms with Crippen LogP contribution in [0.3, 0.4) is 0 Å². The van der Waals surface area contributed by atoms with Crippen LogP contribution in [0.1, 0.15) is 6.42 Å². The summed E-state index contributed by atoms with van der Waals surface area (Å²) in [6.07, 6.45) is -0.625. The lowest BCUT2D eigenvalue weighted by atomic mass is 10.2. The molecule has 3 N–H and O–H groups in total. The number of carboxylic acids is 1. The predicted molar refractivity (Wildman–Crippen MR) is 47.7 cm³/mol. The SMILES string of the molecule is CNCC(=O)N1CCC(O)C1C(=O)O. The van der Waals surface area contributed by atoms with Crippen LogP contribution in [0.5, 0.6) is 0 Å². The Morgan fingerprint density at radius 1 is 1.57 bits per heavy atom. The number of aliphatic hydroxyl groups is 1. The number of hydrogen-bond acceptors (Lipinski definition) is 4. The Morgan fingerprint density at radius 3 is 2.71 bits per heavy atom. The molecule has 6 nitrogen and oxygen atoms in total. The fourth-order valence-electron chi connectivity index (χ4n) is 1.61. The molecule has 0 aromatic carbocycles. The Morgan fingerprint density at radius 2 is 2.21 bits per heavy atom. The lowest BCUT2D eigenvalue weighted by molar-refractivity contribution is -0.150. The maximum atomic E-state index is 11.4. The number of rotatable bonds is 3. The number of likely N-dealkylation sites (N-methyl/N-ethyl adjacent to an activating group) is 1. The van der Waals surface area contributed by atoms with Gasteiger partial charge >= 0.3 is 5.97 Å². The number of carbonyl (C=O) groups excluding carboxylic acids is 1. The van der Waals surface area contributed by atoms with Gasteiger partial charge in [-0.2, -0.15) is 0 Å². The molecule has 1 aliphatic heterocycles. The maximum absolute atomic E-state index is 11.4. The van der Waals surface area contributed by atoms with Gasteiger partial charge < -0.3 is 20.4 Å². The van der Waals surface area contributed by atoms with E-state index in [9.17, 15) is 14.7 Å². The average Bonchev–Trinajstić information content (AvgIpc) is 2.47. The summed E-state index contributed by atoms with van der Waals surface area (Å²) in [4.78, 5) is 23.3. The molecule has 0 aromatic heterocycles. The Balaban J connectivity index is 2.69. The average molecular weight is 202 g/mol. The first-order valence-corrected chi connectivity index (χ1v) is 4.43. The van der Waals surface area contributed by atoms with Gasteiger partial charge in [0.25, 0.3) is 0 Å². The van der Waals surface area contributed by atoms with Crippen LogP contribution in [0.15, 0.2) is 0 Å². The van der Waals surface area contributed by atoms with Crippen molar-refractivity contribution >= 4 is 11.9 Å². The van der Waals surface area contributed by atoms with E-state index in [0.717, 1.165) is 0 Å². The molecule has 1 fully saturated rings. The molecule has 2 unspecified atom stereocenters. The number of aliphatic hydroxyl groups excluding tert-OH is 1. The minimum absolute atomic E-state index is 0.0938. The standard InChI is InChI=1S/C8H14N2O4/c1-9-4-6(12)10-3-2-5(11)7(10)8(13)14/h5,7,9,11H,2-4H2,1H3,(H,13,14). The van der Waals surface area contributed by atoms with E-state index in [4.69, 9.17) is 5.11 Å². The van der Waals surface area contributed by atoms with Crippen LogP contribution in [-0.4, -0.2) is 59.3 Å². The van der Waals surface area contributed by atoms with E-state index in [0.29, 0.717) is 13.0 Å². The van der Waals surface area contributed by atoms with E-state index in [1.54, 1.807) is 7.05 Å². The van der Waals surface area contributed by atoms with Crippen molar-refractivity contribution in [3.05, 3.63) is 0 Å². The fourth-order valence-corrected chi connectivity index (χ4v) is 1.61. The van der Waals surface area contributed by atoms with Crippen molar-refractivity contribution in [3.8, 4) is 0 Å². The minimum Gasteiger partial charge on any atom is -0.480 e. The molecule has 0 saturated carbocycles. The van der Waals surface area contributed by atoms with Crippen molar-refractivity contribution in [3.63, 3.8) is 0 Å². The van der Waals surface area contributed by atoms with Crippen molar-refractivity contribution in [2.45, 2.75) is 18.6 Å². The molecule has 1 rings (SSSR count). The Bertz CT molecular complexity index is 243. The number of carboxylic acid groups (broad SMARTS) is 1. The fraction of sp³-hybridized carbons (Fsp3) is 0.750.